The Hall–Kier alpha value is -2.11. The summed E-state index contributed by atoms with van der Waals surface area (Å²) in [6, 6.07) is 5.18. The van der Waals surface area contributed by atoms with E-state index in [1.165, 1.54) is 18.2 Å². The van der Waals surface area contributed by atoms with E-state index in [1.54, 1.807) is 6.07 Å². The van der Waals surface area contributed by atoms with E-state index in [2.05, 4.69) is 16.0 Å². The largest absolute Gasteiger partial charge is 0.336 e. The second-order valence-electron chi connectivity index (χ2n) is 3.81. The van der Waals surface area contributed by atoms with Crippen molar-refractivity contribution in [1.29, 1.82) is 0 Å². The molecule has 1 unspecified atom stereocenters. The molecule has 90 valence electrons. The molecule has 0 aromatic heterocycles. The number of urea groups is 1. The average Bonchev–Trinajstić information content (AvgIpc) is 2.63. The molecule has 1 atom stereocenters. The molecule has 0 aliphatic carbocycles. The molecule has 1 saturated heterocycles. The quantitative estimate of drug-likeness (QED) is 0.729. The van der Waals surface area contributed by atoms with E-state index < -0.39 is 5.82 Å². The molecule has 1 aromatic carbocycles. The molecule has 2 rings (SSSR count). The van der Waals surface area contributed by atoms with Crippen LogP contribution in [0.3, 0.4) is 0 Å². The van der Waals surface area contributed by atoms with Crippen molar-refractivity contribution in [2.24, 2.45) is 0 Å². The molecule has 1 aliphatic rings. The minimum Gasteiger partial charge on any atom is -0.336 e. The molecule has 5 nitrogen and oxygen atoms in total. The average molecular weight is 237 g/mol. The molecule has 17 heavy (non-hydrogen) atoms. The standard InChI is InChI=1S/C11H12FN3O2/c12-7-2-1-3-8(4-7)14-10(16)5-9-6-13-11(17)15-9/h1-4,9H,5-6H2,(H,14,16)(H2,13,15,17). The van der Waals surface area contributed by atoms with Crippen molar-refractivity contribution in [2.45, 2.75) is 12.5 Å². The van der Waals surface area contributed by atoms with Crippen LogP contribution in [0.2, 0.25) is 0 Å². The topological polar surface area (TPSA) is 70.2 Å². The van der Waals surface area contributed by atoms with Crippen molar-refractivity contribution < 1.29 is 14.0 Å². The number of carbonyl (C=O) groups excluding carboxylic acids is 2. The van der Waals surface area contributed by atoms with Crippen molar-refractivity contribution in [3.05, 3.63) is 30.1 Å². The van der Waals surface area contributed by atoms with Gasteiger partial charge in [0.2, 0.25) is 5.91 Å². The lowest BCUT2D eigenvalue weighted by atomic mass is 10.2. The van der Waals surface area contributed by atoms with Gasteiger partial charge in [0.1, 0.15) is 5.82 Å². The highest BCUT2D eigenvalue weighted by Gasteiger charge is 2.22. The predicted molar refractivity (Wildman–Crippen MR) is 60.0 cm³/mol. The number of anilines is 1. The van der Waals surface area contributed by atoms with E-state index >= 15 is 0 Å². The number of nitrogens with one attached hydrogen (secondary N) is 3. The van der Waals surface area contributed by atoms with Gasteiger partial charge in [0.25, 0.3) is 0 Å². The van der Waals surface area contributed by atoms with Crippen LogP contribution in [0.1, 0.15) is 6.42 Å². The van der Waals surface area contributed by atoms with E-state index in [0.717, 1.165) is 0 Å². The first-order valence-corrected chi connectivity index (χ1v) is 5.23. The molecular formula is C11H12FN3O2. The Balaban J connectivity index is 1.87. The van der Waals surface area contributed by atoms with Gasteiger partial charge in [-0.15, -0.1) is 0 Å². The molecule has 1 aliphatic heterocycles. The Kier molecular flexibility index (Phi) is 3.22. The Labute approximate surface area is 97.4 Å². The van der Waals surface area contributed by atoms with Crippen LogP contribution in [0, 0.1) is 5.82 Å². The van der Waals surface area contributed by atoms with Gasteiger partial charge in [-0.25, -0.2) is 9.18 Å². The molecule has 0 bridgehead atoms. The van der Waals surface area contributed by atoms with Gasteiger partial charge in [-0.2, -0.15) is 0 Å². The van der Waals surface area contributed by atoms with E-state index in [0.29, 0.717) is 12.2 Å². The zero-order valence-corrected chi connectivity index (χ0v) is 9.00. The maximum Gasteiger partial charge on any atom is 0.315 e. The maximum absolute atomic E-state index is 12.9. The summed E-state index contributed by atoms with van der Waals surface area (Å²) in [4.78, 5) is 22.4. The molecule has 0 radical (unpaired) electrons. The minimum atomic E-state index is -0.404. The summed E-state index contributed by atoms with van der Waals surface area (Å²) in [5.41, 5.74) is 0.410. The first-order valence-electron chi connectivity index (χ1n) is 5.23. The summed E-state index contributed by atoms with van der Waals surface area (Å²) >= 11 is 0. The Bertz CT molecular complexity index is 450. The van der Waals surface area contributed by atoms with Crippen LogP contribution >= 0.6 is 0 Å². The first-order chi connectivity index (χ1) is 8.13. The van der Waals surface area contributed by atoms with Gasteiger partial charge in [0.15, 0.2) is 0 Å². The molecular weight excluding hydrogens is 225 g/mol. The van der Waals surface area contributed by atoms with E-state index in [9.17, 15) is 14.0 Å². The Morgan fingerprint density at radius 2 is 2.35 bits per heavy atom. The highest BCUT2D eigenvalue weighted by molar-refractivity contribution is 5.91. The second kappa shape index (κ2) is 4.82. The van der Waals surface area contributed by atoms with Gasteiger partial charge >= 0.3 is 6.03 Å². The van der Waals surface area contributed by atoms with Gasteiger partial charge in [-0.05, 0) is 18.2 Å². The fourth-order valence-electron chi connectivity index (χ4n) is 1.63. The van der Waals surface area contributed by atoms with Crippen LogP contribution < -0.4 is 16.0 Å². The van der Waals surface area contributed by atoms with Gasteiger partial charge in [-0.1, -0.05) is 6.07 Å². The highest BCUT2D eigenvalue weighted by Crippen LogP contribution is 2.10. The van der Waals surface area contributed by atoms with Crippen LogP contribution in [0.5, 0.6) is 0 Å². The third kappa shape index (κ3) is 3.17. The van der Waals surface area contributed by atoms with Crippen molar-refractivity contribution in [3.63, 3.8) is 0 Å². The second-order valence-corrected chi connectivity index (χ2v) is 3.81. The monoisotopic (exact) mass is 237 g/mol. The van der Waals surface area contributed by atoms with Crippen LogP contribution in [0.15, 0.2) is 24.3 Å². The summed E-state index contributed by atoms with van der Waals surface area (Å²) in [5.74, 6) is -0.664. The van der Waals surface area contributed by atoms with Gasteiger partial charge < -0.3 is 16.0 Å². The molecule has 0 saturated carbocycles. The Morgan fingerprint density at radius 1 is 1.53 bits per heavy atom. The third-order valence-corrected chi connectivity index (χ3v) is 2.38. The fraction of sp³-hybridized carbons (Fsp3) is 0.273. The van der Waals surface area contributed by atoms with Crippen molar-refractivity contribution in [1.82, 2.24) is 10.6 Å². The van der Waals surface area contributed by atoms with Gasteiger partial charge in [0, 0.05) is 18.7 Å². The minimum absolute atomic E-state index is 0.162. The van der Waals surface area contributed by atoms with E-state index in [1.807, 2.05) is 0 Å². The lowest BCUT2D eigenvalue weighted by Gasteiger charge is -2.09. The molecule has 1 aromatic rings. The first kappa shape index (κ1) is 11.4. The lowest BCUT2D eigenvalue weighted by molar-refractivity contribution is -0.116. The number of hydrogen-bond acceptors (Lipinski definition) is 2. The van der Waals surface area contributed by atoms with E-state index in [-0.39, 0.29) is 24.4 Å². The fourth-order valence-corrected chi connectivity index (χ4v) is 1.63. The van der Waals surface area contributed by atoms with E-state index in [4.69, 9.17) is 0 Å². The highest BCUT2D eigenvalue weighted by atomic mass is 19.1. The predicted octanol–water partition coefficient (Wildman–Crippen LogP) is 0.836. The van der Waals surface area contributed by atoms with Crippen molar-refractivity contribution in [3.8, 4) is 0 Å². The number of amides is 3. The molecule has 0 spiro atoms. The van der Waals surface area contributed by atoms with Crippen molar-refractivity contribution >= 4 is 17.6 Å². The molecule has 3 amide bonds. The molecule has 3 N–H and O–H groups in total. The van der Waals surface area contributed by atoms with Crippen LogP contribution in [-0.2, 0) is 4.79 Å². The van der Waals surface area contributed by atoms with Crippen LogP contribution in [-0.4, -0.2) is 24.5 Å². The van der Waals surface area contributed by atoms with Gasteiger partial charge in [-0.3, -0.25) is 4.79 Å². The summed E-state index contributed by atoms with van der Waals surface area (Å²) in [6.45, 7) is 0.426. The zero-order chi connectivity index (χ0) is 12.3. The normalized spacial score (nSPS) is 18.4. The zero-order valence-electron chi connectivity index (χ0n) is 9.00. The summed E-state index contributed by atoms with van der Waals surface area (Å²) in [6.07, 6.45) is 0.162. The molecule has 1 heterocycles. The SMILES string of the molecule is O=C(CC1CNC(=O)N1)Nc1cccc(F)c1. The number of rotatable bonds is 3. The number of benzene rings is 1. The number of carbonyl (C=O) groups is 2. The van der Waals surface area contributed by atoms with Gasteiger partial charge in [0.05, 0.1) is 6.04 Å². The van der Waals surface area contributed by atoms with Crippen LogP contribution in [0.4, 0.5) is 14.9 Å². The summed E-state index contributed by atoms with van der Waals surface area (Å²) in [7, 11) is 0. The summed E-state index contributed by atoms with van der Waals surface area (Å²) in [5, 5.41) is 7.72. The number of hydrogen-bond donors (Lipinski definition) is 3. The smallest absolute Gasteiger partial charge is 0.315 e. The lowest BCUT2D eigenvalue weighted by Crippen LogP contribution is -2.30. The maximum atomic E-state index is 12.9. The molecule has 6 heteroatoms. The summed E-state index contributed by atoms with van der Waals surface area (Å²) < 4.78 is 12.9. The number of halogens is 1. The third-order valence-electron chi connectivity index (χ3n) is 2.38. The Morgan fingerprint density at radius 3 is 3.00 bits per heavy atom. The van der Waals surface area contributed by atoms with Crippen LogP contribution in [0.25, 0.3) is 0 Å². The van der Waals surface area contributed by atoms with Crippen molar-refractivity contribution in [2.75, 3.05) is 11.9 Å². The molecule has 1 fully saturated rings.